The molecule has 1 aliphatic heterocycles. The molecule has 1 aliphatic rings. The van der Waals surface area contributed by atoms with Crippen LogP contribution in [0.5, 0.6) is 0 Å². The molecule has 1 aromatic heterocycles. The second kappa shape index (κ2) is 7.82. The summed E-state index contributed by atoms with van der Waals surface area (Å²) in [7, 11) is 0. The van der Waals surface area contributed by atoms with Crippen LogP contribution in [0.15, 0.2) is 23.6 Å². The molecule has 7 nitrogen and oxygen atoms in total. The summed E-state index contributed by atoms with van der Waals surface area (Å²) in [6.07, 6.45) is 2.08. The number of thiazole rings is 1. The number of carbonyl (C=O) groups is 1. The number of nitrogens with zero attached hydrogens (tertiary/aromatic N) is 3. The van der Waals surface area contributed by atoms with Crippen molar-refractivity contribution in [2.24, 2.45) is 0 Å². The van der Waals surface area contributed by atoms with Crippen molar-refractivity contribution in [2.45, 2.75) is 32.6 Å². The van der Waals surface area contributed by atoms with Crippen LogP contribution in [0.25, 0.3) is 0 Å². The molecule has 1 fully saturated rings. The van der Waals surface area contributed by atoms with Crippen molar-refractivity contribution < 1.29 is 14.5 Å². The third kappa shape index (κ3) is 3.85. The van der Waals surface area contributed by atoms with E-state index in [4.69, 9.17) is 4.74 Å². The van der Waals surface area contributed by atoms with Gasteiger partial charge < -0.3 is 9.64 Å². The van der Waals surface area contributed by atoms with Crippen LogP contribution in [0, 0.1) is 17.0 Å². The van der Waals surface area contributed by atoms with Crippen LogP contribution >= 0.6 is 11.3 Å². The number of piperidine rings is 1. The van der Waals surface area contributed by atoms with Gasteiger partial charge in [-0.15, -0.1) is 11.3 Å². The first-order valence-corrected chi connectivity index (χ1v) is 9.50. The number of rotatable bonds is 5. The number of hydrogen-bond acceptors (Lipinski definition) is 7. The summed E-state index contributed by atoms with van der Waals surface area (Å²) in [6.45, 7) is 5.48. The molecule has 138 valence electrons. The molecule has 3 rings (SSSR count). The van der Waals surface area contributed by atoms with Crippen molar-refractivity contribution in [3.63, 3.8) is 0 Å². The molecule has 1 unspecified atom stereocenters. The lowest BCUT2D eigenvalue weighted by molar-refractivity contribution is -0.385. The Morgan fingerprint density at radius 3 is 2.96 bits per heavy atom. The van der Waals surface area contributed by atoms with E-state index >= 15 is 0 Å². The number of esters is 1. The van der Waals surface area contributed by atoms with E-state index in [2.05, 4.69) is 15.3 Å². The number of nitro groups is 1. The summed E-state index contributed by atoms with van der Waals surface area (Å²) in [4.78, 5) is 29.6. The number of hydrogen-bond donors (Lipinski definition) is 0. The molecule has 1 saturated heterocycles. The van der Waals surface area contributed by atoms with E-state index in [9.17, 15) is 14.9 Å². The molecule has 0 radical (unpaired) electrons. The molecule has 0 amide bonds. The van der Waals surface area contributed by atoms with Crippen LogP contribution in [0.3, 0.4) is 0 Å². The smallest absolute Gasteiger partial charge is 0.345 e. The van der Waals surface area contributed by atoms with Crippen molar-refractivity contribution in [1.82, 2.24) is 4.98 Å². The molecular formula is C18H21N3O4S. The van der Waals surface area contributed by atoms with Gasteiger partial charge in [-0.25, -0.2) is 9.78 Å². The van der Waals surface area contributed by atoms with Crippen LogP contribution in [0.2, 0.25) is 0 Å². The molecule has 0 bridgehead atoms. The fourth-order valence-corrected chi connectivity index (χ4v) is 4.15. The van der Waals surface area contributed by atoms with Crippen molar-refractivity contribution >= 4 is 28.7 Å². The second-order valence-corrected chi connectivity index (χ2v) is 7.18. The molecule has 0 saturated carbocycles. The van der Waals surface area contributed by atoms with Gasteiger partial charge in [-0.05, 0) is 38.8 Å². The zero-order valence-electron chi connectivity index (χ0n) is 14.8. The highest BCUT2D eigenvalue weighted by Gasteiger charge is 2.27. The van der Waals surface area contributed by atoms with Gasteiger partial charge >= 0.3 is 5.97 Å². The monoisotopic (exact) mass is 375 g/mol. The maximum absolute atomic E-state index is 12.1. The minimum absolute atomic E-state index is 0.00145. The van der Waals surface area contributed by atoms with Crippen LogP contribution in [-0.2, 0) is 4.74 Å². The van der Waals surface area contributed by atoms with E-state index in [1.807, 2.05) is 6.92 Å². The van der Waals surface area contributed by atoms with Gasteiger partial charge in [0, 0.05) is 41.8 Å². The first-order chi connectivity index (χ1) is 12.5. The summed E-state index contributed by atoms with van der Waals surface area (Å²) >= 11 is 1.67. The largest absolute Gasteiger partial charge is 0.462 e. The van der Waals surface area contributed by atoms with E-state index in [1.54, 1.807) is 30.4 Å². The Balaban J connectivity index is 1.87. The van der Waals surface area contributed by atoms with Crippen molar-refractivity contribution in [3.8, 4) is 0 Å². The summed E-state index contributed by atoms with van der Waals surface area (Å²) in [6, 6.07) is 4.67. The molecule has 0 aliphatic carbocycles. The lowest BCUT2D eigenvalue weighted by Gasteiger charge is -2.33. The Morgan fingerprint density at radius 2 is 2.31 bits per heavy atom. The van der Waals surface area contributed by atoms with E-state index in [0.29, 0.717) is 5.92 Å². The Bertz CT molecular complexity index is 821. The molecule has 0 spiro atoms. The number of carbonyl (C=O) groups excluding carboxylic acids is 1. The molecule has 1 atom stereocenters. The standard InChI is InChI=1S/C18H21N3O4S/c1-3-25-18(22)15-9-14(6-7-16(15)21(23)24)20-8-4-5-13(10-20)17-19-12(2)11-26-17/h6-7,9,11,13H,3-5,8,10H2,1-2H3. The van der Waals surface area contributed by atoms with Crippen LogP contribution in [0.4, 0.5) is 11.4 Å². The third-order valence-corrected chi connectivity index (χ3v) is 5.57. The average Bonchev–Trinajstić information content (AvgIpc) is 3.08. The lowest BCUT2D eigenvalue weighted by Crippen LogP contribution is -2.34. The minimum atomic E-state index is -0.662. The Hall–Kier alpha value is -2.48. The van der Waals surface area contributed by atoms with E-state index in [0.717, 1.165) is 42.3 Å². The summed E-state index contributed by atoms with van der Waals surface area (Å²) in [5.41, 5.74) is 1.61. The van der Waals surface area contributed by atoms with Crippen LogP contribution in [0.1, 0.15) is 46.7 Å². The SMILES string of the molecule is CCOC(=O)c1cc(N2CCCC(c3nc(C)cs3)C2)ccc1[N+](=O)[O-]. The van der Waals surface area contributed by atoms with E-state index < -0.39 is 10.9 Å². The van der Waals surface area contributed by atoms with E-state index in [-0.39, 0.29) is 17.9 Å². The number of anilines is 1. The predicted octanol–water partition coefficient (Wildman–Crippen LogP) is 3.92. The van der Waals surface area contributed by atoms with Gasteiger partial charge in [0.2, 0.25) is 0 Å². The fourth-order valence-electron chi connectivity index (χ4n) is 3.23. The van der Waals surface area contributed by atoms with Crippen LogP contribution in [-0.4, -0.2) is 35.6 Å². The topological polar surface area (TPSA) is 85.6 Å². The number of aromatic nitrogens is 1. The zero-order valence-corrected chi connectivity index (χ0v) is 15.6. The molecule has 2 aromatic rings. The number of aryl methyl sites for hydroxylation is 1. The highest BCUT2D eigenvalue weighted by molar-refractivity contribution is 7.09. The zero-order chi connectivity index (χ0) is 18.7. The van der Waals surface area contributed by atoms with Crippen molar-refractivity contribution in [3.05, 3.63) is 50.0 Å². The molecule has 0 N–H and O–H groups in total. The Morgan fingerprint density at radius 1 is 1.50 bits per heavy atom. The summed E-state index contributed by atoms with van der Waals surface area (Å²) < 4.78 is 4.98. The van der Waals surface area contributed by atoms with Gasteiger partial charge in [0.05, 0.1) is 16.5 Å². The van der Waals surface area contributed by atoms with Gasteiger partial charge in [0.25, 0.3) is 5.69 Å². The first-order valence-electron chi connectivity index (χ1n) is 8.62. The molecule has 2 heterocycles. The molecule has 26 heavy (non-hydrogen) atoms. The van der Waals surface area contributed by atoms with Gasteiger partial charge in [-0.1, -0.05) is 0 Å². The first kappa shape index (κ1) is 18.3. The van der Waals surface area contributed by atoms with Gasteiger partial charge in [-0.3, -0.25) is 10.1 Å². The Labute approximate surface area is 155 Å². The number of benzene rings is 1. The maximum Gasteiger partial charge on any atom is 0.345 e. The lowest BCUT2D eigenvalue weighted by atomic mass is 9.97. The second-order valence-electron chi connectivity index (χ2n) is 6.29. The highest BCUT2D eigenvalue weighted by atomic mass is 32.1. The normalized spacial score (nSPS) is 17.2. The van der Waals surface area contributed by atoms with Gasteiger partial charge in [-0.2, -0.15) is 0 Å². The number of nitro benzene ring substituents is 1. The maximum atomic E-state index is 12.1. The quantitative estimate of drug-likeness (QED) is 0.447. The Kier molecular flexibility index (Phi) is 5.51. The predicted molar refractivity (Wildman–Crippen MR) is 100 cm³/mol. The average molecular weight is 375 g/mol. The van der Waals surface area contributed by atoms with Crippen molar-refractivity contribution in [2.75, 3.05) is 24.6 Å². The van der Waals surface area contributed by atoms with Crippen LogP contribution < -0.4 is 4.90 Å². The molecular weight excluding hydrogens is 354 g/mol. The van der Waals surface area contributed by atoms with Gasteiger partial charge in [0.1, 0.15) is 5.56 Å². The fraction of sp³-hybridized carbons (Fsp3) is 0.444. The molecule has 1 aromatic carbocycles. The third-order valence-electron chi connectivity index (χ3n) is 4.44. The molecule has 8 heteroatoms. The highest BCUT2D eigenvalue weighted by Crippen LogP contribution is 2.33. The summed E-state index contributed by atoms with van der Waals surface area (Å²) in [5.74, 6) is -0.325. The van der Waals surface area contributed by atoms with E-state index in [1.165, 1.54) is 6.07 Å². The number of ether oxygens (including phenoxy) is 1. The summed E-state index contributed by atoms with van der Waals surface area (Å²) in [5, 5.41) is 14.4. The van der Waals surface area contributed by atoms with Gasteiger partial charge in [0.15, 0.2) is 0 Å². The minimum Gasteiger partial charge on any atom is -0.462 e. The van der Waals surface area contributed by atoms with Crippen molar-refractivity contribution in [1.29, 1.82) is 0 Å².